The molecular formula is C23H26N6OS. The number of carbonyl (C=O) groups excluding carboxylic acids is 1. The zero-order valence-electron chi connectivity index (χ0n) is 17.9. The van der Waals surface area contributed by atoms with E-state index in [2.05, 4.69) is 41.1 Å². The molecule has 0 aliphatic rings. The molecule has 31 heavy (non-hydrogen) atoms. The fraction of sp³-hybridized carbons (Fsp3) is 0.304. The molecule has 0 spiro atoms. The number of fused-ring (bicyclic) bond motifs is 1. The molecule has 8 heteroatoms. The summed E-state index contributed by atoms with van der Waals surface area (Å²) in [6.07, 6.45) is 7.00. The van der Waals surface area contributed by atoms with Gasteiger partial charge < -0.3 is 5.32 Å². The Morgan fingerprint density at radius 3 is 2.81 bits per heavy atom. The van der Waals surface area contributed by atoms with E-state index in [0.717, 1.165) is 40.4 Å². The van der Waals surface area contributed by atoms with Gasteiger partial charge >= 0.3 is 0 Å². The van der Waals surface area contributed by atoms with E-state index in [-0.39, 0.29) is 11.9 Å². The largest absolute Gasteiger partial charge is 0.350 e. The van der Waals surface area contributed by atoms with Gasteiger partial charge in [0.1, 0.15) is 0 Å². The molecular weight excluding hydrogens is 408 g/mol. The average molecular weight is 435 g/mol. The van der Waals surface area contributed by atoms with Crippen LogP contribution in [0.4, 0.5) is 0 Å². The van der Waals surface area contributed by atoms with Crippen molar-refractivity contribution in [3.8, 4) is 21.7 Å². The summed E-state index contributed by atoms with van der Waals surface area (Å²) in [5.74, 6) is -0.128. The van der Waals surface area contributed by atoms with Crippen molar-refractivity contribution in [2.45, 2.75) is 26.8 Å². The van der Waals surface area contributed by atoms with E-state index in [1.165, 1.54) is 0 Å². The molecule has 1 N–H and O–H groups in total. The summed E-state index contributed by atoms with van der Waals surface area (Å²) in [5.41, 5.74) is 3.82. The van der Waals surface area contributed by atoms with Gasteiger partial charge in [-0.1, -0.05) is 19.9 Å². The fourth-order valence-corrected chi connectivity index (χ4v) is 4.36. The molecule has 1 atom stereocenters. The van der Waals surface area contributed by atoms with Crippen LogP contribution in [0, 0.1) is 0 Å². The molecule has 0 radical (unpaired) electrons. The Hall–Kier alpha value is -3.10. The highest BCUT2D eigenvalue weighted by Gasteiger charge is 2.15. The van der Waals surface area contributed by atoms with Crippen LogP contribution in [0.1, 0.15) is 31.1 Å². The summed E-state index contributed by atoms with van der Waals surface area (Å²) in [5, 5.41) is 9.48. The first kappa shape index (κ1) is 21.1. The van der Waals surface area contributed by atoms with Crippen LogP contribution >= 0.6 is 11.3 Å². The van der Waals surface area contributed by atoms with E-state index in [1.807, 2.05) is 35.8 Å². The summed E-state index contributed by atoms with van der Waals surface area (Å²) in [7, 11) is 0. The summed E-state index contributed by atoms with van der Waals surface area (Å²) in [6.45, 7) is 8.89. The second-order valence-electron chi connectivity index (χ2n) is 7.36. The van der Waals surface area contributed by atoms with Crippen molar-refractivity contribution in [3.63, 3.8) is 0 Å². The molecule has 4 heterocycles. The van der Waals surface area contributed by atoms with E-state index < -0.39 is 0 Å². The Morgan fingerprint density at radius 2 is 2.06 bits per heavy atom. The number of rotatable bonds is 8. The molecule has 0 fully saturated rings. The van der Waals surface area contributed by atoms with E-state index in [9.17, 15) is 4.79 Å². The molecule has 0 saturated heterocycles. The Bertz CT molecular complexity index is 1170. The first-order chi connectivity index (χ1) is 15.1. The average Bonchev–Trinajstić information content (AvgIpc) is 3.48. The third-order valence-corrected chi connectivity index (χ3v) is 6.34. The van der Waals surface area contributed by atoms with Gasteiger partial charge in [-0.05, 0) is 43.6 Å². The van der Waals surface area contributed by atoms with Crippen molar-refractivity contribution < 1.29 is 4.79 Å². The summed E-state index contributed by atoms with van der Waals surface area (Å²) >= 11 is 1.65. The van der Waals surface area contributed by atoms with Gasteiger partial charge in [-0.25, -0.2) is 9.50 Å². The molecule has 1 amide bonds. The third kappa shape index (κ3) is 4.50. The van der Waals surface area contributed by atoms with Gasteiger partial charge in [0.2, 0.25) is 0 Å². The molecule has 0 bridgehead atoms. The monoisotopic (exact) mass is 434 g/mol. The lowest BCUT2D eigenvalue weighted by Gasteiger charge is -2.26. The highest BCUT2D eigenvalue weighted by Crippen LogP contribution is 2.27. The van der Waals surface area contributed by atoms with Crippen molar-refractivity contribution in [2.75, 3.05) is 19.6 Å². The van der Waals surface area contributed by atoms with Crippen LogP contribution in [-0.2, 0) is 0 Å². The number of pyridine rings is 1. The summed E-state index contributed by atoms with van der Waals surface area (Å²) in [4.78, 5) is 25.3. The number of thiophene rings is 1. The molecule has 0 saturated carbocycles. The van der Waals surface area contributed by atoms with E-state index in [0.29, 0.717) is 12.1 Å². The van der Waals surface area contributed by atoms with Gasteiger partial charge in [0.25, 0.3) is 5.91 Å². The van der Waals surface area contributed by atoms with Crippen molar-refractivity contribution in [3.05, 3.63) is 60.0 Å². The van der Waals surface area contributed by atoms with Crippen molar-refractivity contribution in [2.24, 2.45) is 0 Å². The molecule has 0 aliphatic carbocycles. The van der Waals surface area contributed by atoms with Crippen LogP contribution in [0.2, 0.25) is 0 Å². The van der Waals surface area contributed by atoms with Gasteiger partial charge in [0.05, 0.1) is 22.3 Å². The topological polar surface area (TPSA) is 75.4 Å². The van der Waals surface area contributed by atoms with Gasteiger partial charge in [-0.2, -0.15) is 5.10 Å². The van der Waals surface area contributed by atoms with Crippen LogP contribution in [-0.4, -0.2) is 56.1 Å². The summed E-state index contributed by atoms with van der Waals surface area (Å²) in [6, 6.07) is 8.13. The first-order valence-corrected chi connectivity index (χ1v) is 11.3. The minimum absolute atomic E-state index is 0.128. The number of hydrogen-bond donors (Lipinski definition) is 1. The van der Waals surface area contributed by atoms with E-state index >= 15 is 0 Å². The molecule has 160 valence electrons. The Kier molecular flexibility index (Phi) is 6.39. The molecule has 0 aromatic carbocycles. The SMILES string of the molecule is CCN(CC)[C@@H](C)CNC(=O)c1cncc(-c2cnn3ccc(-c4cccs4)nc23)c1. The Balaban J connectivity index is 1.57. The number of nitrogens with zero attached hydrogens (tertiary/aromatic N) is 5. The van der Waals surface area contributed by atoms with Gasteiger partial charge in [0, 0.05) is 42.3 Å². The number of nitrogens with one attached hydrogen (secondary N) is 1. The standard InChI is InChI=1S/C23H26N6OS/c1-4-28(5-2)16(3)12-25-23(30)18-11-17(13-24-14-18)19-15-26-29-9-8-20(27-22(19)29)21-7-6-10-31-21/h6-11,13-16H,4-5,12H2,1-3H3,(H,25,30)/t16-/m0/s1. The van der Waals surface area contributed by atoms with Gasteiger partial charge in [-0.3, -0.25) is 14.7 Å². The highest BCUT2D eigenvalue weighted by molar-refractivity contribution is 7.13. The molecule has 4 rings (SSSR count). The lowest BCUT2D eigenvalue weighted by Crippen LogP contribution is -2.42. The maximum Gasteiger partial charge on any atom is 0.252 e. The maximum atomic E-state index is 12.7. The Morgan fingerprint density at radius 1 is 1.23 bits per heavy atom. The Labute approximate surface area is 185 Å². The minimum atomic E-state index is -0.128. The lowest BCUT2D eigenvalue weighted by atomic mass is 10.1. The van der Waals surface area contributed by atoms with Crippen molar-refractivity contribution in [1.29, 1.82) is 0 Å². The molecule has 4 aromatic heterocycles. The van der Waals surface area contributed by atoms with Crippen molar-refractivity contribution in [1.82, 2.24) is 29.8 Å². The number of likely N-dealkylation sites (N-methyl/N-ethyl adjacent to an activating group) is 1. The highest BCUT2D eigenvalue weighted by atomic mass is 32.1. The van der Waals surface area contributed by atoms with Crippen LogP contribution in [0.3, 0.4) is 0 Å². The predicted octanol–water partition coefficient (Wildman–Crippen LogP) is 3.98. The van der Waals surface area contributed by atoms with Gasteiger partial charge in [-0.15, -0.1) is 11.3 Å². The van der Waals surface area contributed by atoms with Crippen LogP contribution in [0.15, 0.2) is 54.4 Å². The number of amides is 1. The summed E-state index contributed by atoms with van der Waals surface area (Å²) < 4.78 is 1.74. The fourth-order valence-electron chi connectivity index (χ4n) is 3.66. The van der Waals surface area contributed by atoms with Crippen LogP contribution in [0.25, 0.3) is 27.3 Å². The molecule has 7 nitrogen and oxygen atoms in total. The second kappa shape index (κ2) is 9.36. The third-order valence-electron chi connectivity index (χ3n) is 5.45. The second-order valence-corrected chi connectivity index (χ2v) is 8.31. The van der Waals surface area contributed by atoms with Crippen LogP contribution < -0.4 is 5.32 Å². The molecule has 0 unspecified atom stereocenters. The molecule has 4 aromatic rings. The minimum Gasteiger partial charge on any atom is -0.350 e. The van der Waals surface area contributed by atoms with E-state index in [1.54, 1.807) is 34.4 Å². The van der Waals surface area contributed by atoms with Gasteiger partial charge in [0.15, 0.2) is 5.65 Å². The molecule has 0 aliphatic heterocycles. The maximum absolute atomic E-state index is 12.7. The normalized spacial score (nSPS) is 12.4. The van der Waals surface area contributed by atoms with Crippen molar-refractivity contribution >= 4 is 22.9 Å². The number of carbonyl (C=O) groups is 1. The number of hydrogen-bond acceptors (Lipinski definition) is 6. The zero-order chi connectivity index (χ0) is 21.8. The predicted molar refractivity (Wildman–Crippen MR) is 124 cm³/mol. The van der Waals surface area contributed by atoms with Crippen LogP contribution in [0.5, 0.6) is 0 Å². The number of aromatic nitrogens is 4. The lowest BCUT2D eigenvalue weighted by molar-refractivity contribution is 0.0937. The first-order valence-electron chi connectivity index (χ1n) is 10.5. The zero-order valence-corrected chi connectivity index (χ0v) is 18.8. The van der Waals surface area contributed by atoms with E-state index in [4.69, 9.17) is 4.98 Å². The quantitative estimate of drug-likeness (QED) is 0.454. The smallest absolute Gasteiger partial charge is 0.252 e.